The number of rotatable bonds is 24. The Labute approximate surface area is 421 Å². The van der Waals surface area contributed by atoms with Crippen LogP contribution in [0.25, 0.3) is 0 Å². The summed E-state index contributed by atoms with van der Waals surface area (Å²) in [6.07, 6.45) is -1.27. The maximum atomic E-state index is 13.6. The molecule has 0 saturated carbocycles. The lowest BCUT2D eigenvalue weighted by Gasteiger charge is -2.39. The number of carbonyl (C=O) groups is 6. The molecule has 16 nitrogen and oxygen atoms in total. The fourth-order valence-electron chi connectivity index (χ4n) is 7.43. The molecule has 0 fully saturated rings. The minimum atomic E-state index is -0.996. The molecule has 0 spiro atoms. The highest BCUT2D eigenvalue weighted by Gasteiger charge is 2.40. The Morgan fingerprint density at radius 1 is 0.623 bits per heavy atom. The highest BCUT2D eigenvalue weighted by Crippen LogP contribution is 2.25. The number of carboxylic acid groups (broad SMARTS) is 1. The third-order valence-corrected chi connectivity index (χ3v) is 11.4. The Kier molecular flexibility index (Phi) is 31.5. The molecule has 0 saturated heterocycles. The van der Waals surface area contributed by atoms with E-state index < -0.39 is 60.1 Å². The van der Waals surface area contributed by atoms with Crippen LogP contribution in [0.3, 0.4) is 0 Å². The lowest BCUT2D eigenvalue weighted by Crippen LogP contribution is -2.57. The number of benzene rings is 2. The first-order valence-electron chi connectivity index (χ1n) is 23.4. The van der Waals surface area contributed by atoms with Gasteiger partial charge in [0.25, 0.3) is 0 Å². The van der Waals surface area contributed by atoms with E-state index in [4.69, 9.17) is 46.9 Å². The predicted molar refractivity (Wildman–Crippen MR) is 270 cm³/mol. The van der Waals surface area contributed by atoms with Crippen molar-refractivity contribution < 1.29 is 57.6 Å². The summed E-state index contributed by atoms with van der Waals surface area (Å²) in [5.74, 6) is -2.32. The van der Waals surface area contributed by atoms with Crippen LogP contribution in [-0.2, 0) is 56.1 Å². The highest BCUT2D eigenvalue weighted by molar-refractivity contribution is 6.40. The van der Waals surface area contributed by atoms with Crippen molar-refractivity contribution in [1.29, 1.82) is 0 Å². The Morgan fingerprint density at radius 3 is 1.23 bits per heavy atom. The van der Waals surface area contributed by atoms with Gasteiger partial charge in [-0.25, -0.2) is 9.59 Å². The van der Waals surface area contributed by atoms with Gasteiger partial charge in [-0.3, -0.25) is 19.2 Å². The average molecular weight is 1010 g/mol. The molecule has 8 atom stereocenters. The van der Waals surface area contributed by atoms with Crippen LogP contribution >= 0.6 is 23.2 Å². The molecule has 0 heterocycles. The number of halogens is 2. The van der Waals surface area contributed by atoms with Crippen LogP contribution < -0.4 is 10.6 Å². The van der Waals surface area contributed by atoms with Gasteiger partial charge in [0.2, 0.25) is 11.8 Å². The molecular weight excluding hydrogens is 931 g/mol. The minimum Gasteiger partial charge on any atom is -0.481 e. The summed E-state index contributed by atoms with van der Waals surface area (Å²) in [5, 5.41) is 14.8. The van der Waals surface area contributed by atoms with Gasteiger partial charge in [0.15, 0.2) is 0 Å². The Morgan fingerprint density at radius 2 is 0.957 bits per heavy atom. The minimum absolute atomic E-state index is 0.00362. The van der Waals surface area contributed by atoms with Crippen LogP contribution in [-0.4, -0.2) is 126 Å². The van der Waals surface area contributed by atoms with Crippen molar-refractivity contribution in [2.75, 3.05) is 33.7 Å². The zero-order valence-electron chi connectivity index (χ0n) is 43.6. The molecule has 0 aliphatic rings. The summed E-state index contributed by atoms with van der Waals surface area (Å²) in [5.41, 5.74) is 1.08. The van der Waals surface area contributed by atoms with Crippen LogP contribution in [0.15, 0.2) is 60.7 Å². The van der Waals surface area contributed by atoms with Gasteiger partial charge < -0.3 is 49.2 Å². The number of alkyl carbamates (subject to hydrolysis) is 2. The van der Waals surface area contributed by atoms with Crippen LogP contribution in [0.2, 0.25) is 0 Å². The van der Waals surface area contributed by atoms with Crippen LogP contribution in [0.5, 0.6) is 0 Å². The molecule has 0 bridgehead atoms. The van der Waals surface area contributed by atoms with E-state index in [-0.39, 0.29) is 72.8 Å². The third-order valence-electron chi connectivity index (χ3n) is 11.4. The number of nitrogens with one attached hydrogen (secondary N) is 2. The molecule has 0 aromatic heterocycles. The first-order chi connectivity index (χ1) is 32.3. The molecule has 18 heteroatoms. The molecule has 2 aromatic rings. The summed E-state index contributed by atoms with van der Waals surface area (Å²) < 4.78 is 27.2. The summed E-state index contributed by atoms with van der Waals surface area (Å²) in [6, 6.07) is 16.1. The molecular formula is C51H82Cl2N4O12. The topological polar surface area (TPSA) is 199 Å². The number of carboxylic acids is 1. The first kappa shape index (κ1) is 64.4. The Hall–Kier alpha value is -4.64. The van der Waals surface area contributed by atoms with Crippen LogP contribution in [0.4, 0.5) is 9.59 Å². The van der Waals surface area contributed by atoms with Gasteiger partial charge in [0.05, 0.1) is 42.5 Å². The number of hydrogen-bond acceptors (Lipinski definition) is 11. The van der Waals surface area contributed by atoms with Crippen molar-refractivity contribution in [3.05, 3.63) is 71.8 Å². The van der Waals surface area contributed by atoms with Gasteiger partial charge in [0.1, 0.15) is 30.9 Å². The number of esters is 1. The summed E-state index contributed by atoms with van der Waals surface area (Å²) in [6.45, 7) is 21.0. The number of likely N-dealkylation sites (N-methyl/N-ethyl adjacent to an activating group) is 2. The van der Waals surface area contributed by atoms with Crippen LogP contribution in [0, 0.1) is 23.7 Å². The molecule has 4 amide bonds. The number of ether oxygens (including phenoxy) is 5. The first-order valence-corrected chi connectivity index (χ1v) is 24.5. The van der Waals surface area contributed by atoms with Crippen molar-refractivity contribution in [2.24, 2.45) is 23.7 Å². The van der Waals surface area contributed by atoms with Gasteiger partial charge in [-0.05, 0) is 55.6 Å². The second kappa shape index (κ2) is 33.8. The van der Waals surface area contributed by atoms with Crippen molar-refractivity contribution in [3.63, 3.8) is 0 Å². The van der Waals surface area contributed by atoms with Crippen LogP contribution in [0.1, 0.15) is 113 Å². The monoisotopic (exact) mass is 1010 g/mol. The summed E-state index contributed by atoms with van der Waals surface area (Å²) in [7, 11) is 6.29. The zero-order valence-corrected chi connectivity index (χ0v) is 45.1. The fraction of sp³-hybridized carbons (Fsp3) is 0.647. The SMILES string of the molecule is CC[C@H](C)[C@@H]([C@@H](CC(=O)O)OC)N(C)C(=O)[C@@H](NC(=O)OCc1ccccc1)C(C)C.CC[C@H](C)[C@@H]([C@@H](CC(=O)OC(C)(C)C)OC)N(C)C(=O)[C@@H](NC(=O)OCc1ccccc1)C(C)C.ClCCl. The van der Waals surface area contributed by atoms with Gasteiger partial charge in [0, 0.05) is 28.3 Å². The van der Waals surface area contributed by atoms with E-state index in [0.717, 1.165) is 24.0 Å². The number of nitrogens with zero attached hydrogens (tertiary/aromatic N) is 2. The highest BCUT2D eigenvalue weighted by atomic mass is 35.5. The lowest BCUT2D eigenvalue weighted by atomic mass is 9.90. The number of amides is 4. The molecule has 2 aromatic carbocycles. The van der Waals surface area contributed by atoms with Crippen molar-refractivity contribution >= 4 is 59.1 Å². The molecule has 392 valence electrons. The van der Waals surface area contributed by atoms with E-state index in [9.17, 15) is 33.9 Å². The van der Waals surface area contributed by atoms with E-state index >= 15 is 0 Å². The average Bonchev–Trinajstić information content (AvgIpc) is 3.29. The number of carbonyl (C=O) groups excluding carboxylic acids is 5. The molecule has 0 aliphatic heterocycles. The molecule has 0 radical (unpaired) electrons. The van der Waals surface area contributed by atoms with E-state index in [1.54, 1.807) is 19.0 Å². The second-order valence-electron chi connectivity index (χ2n) is 18.5. The normalized spacial score (nSPS) is 14.6. The standard InChI is InChI=1S/C27H44N2O6.C23H36N2O6.CH2Cl2/c1-10-19(4)24(21(33-9)16-22(30)35-27(5,6)7)29(8)25(31)23(18(2)3)28-26(32)34-17-20-14-12-11-13-15-20;1-7-16(4)21(18(30-6)13-19(26)27)25(5)22(28)20(15(2)3)24-23(29)31-14-17-11-9-8-10-12-17;2-1-3/h11-15,18-19,21,23-24H,10,16-17H2,1-9H3,(H,28,32);8-12,15-16,18,20-21H,7,13-14H2,1-6H3,(H,24,29)(H,26,27);1H2/t19-,21+,23-,24-;16-,18+,20-,21-;/m00./s1. The maximum Gasteiger partial charge on any atom is 0.408 e. The van der Waals surface area contributed by atoms with E-state index in [1.807, 2.05) is 137 Å². The predicted octanol–water partition coefficient (Wildman–Crippen LogP) is 9.28. The van der Waals surface area contributed by atoms with Gasteiger partial charge in [-0.15, -0.1) is 23.2 Å². The molecule has 0 unspecified atom stereocenters. The maximum absolute atomic E-state index is 13.6. The summed E-state index contributed by atoms with van der Waals surface area (Å²) in [4.78, 5) is 78.7. The number of aliphatic carboxylic acids is 1. The van der Waals surface area contributed by atoms with Crippen molar-refractivity contribution in [2.45, 2.75) is 157 Å². The number of methoxy groups -OCH3 is 2. The Bertz CT molecular complexity index is 1800. The second-order valence-corrected chi connectivity index (χ2v) is 19.4. The molecule has 3 N–H and O–H groups in total. The van der Waals surface area contributed by atoms with Crippen molar-refractivity contribution in [3.8, 4) is 0 Å². The Balaban J connectivity index is 0.00000128. The third kappa shape index (κ3) is 24.7. The molecule has 69 heavy (non-hydrogen) atoms. The van der Waals surface area contributed by atoms with Gasteiger partial charge in [-0.1, -0.05) is 129 Å². The summed E-state index contributed by atoms with van der Waals surface area (Å²) >= 11 is 9.53. The molecule has 2 rings (SSSR count). The lowest BCUT2D eigenvalue weighted by molar-refractivity contribution is -0.161. The van der Waals surface area contributed by atoms with E-state index in [2.05, 4.69) is 10.6 Å². The van der Waals surface area contributed by atoms with E-state index in [1.165, 1.54) is 19.1 Å². The number of hydrogen-bond donors (Lipinski definition) is 3. The number of alkyl halides is 2. The molecule has 0 aliphatic carbocycles. The quantitative estimate of drug-likeness (QED) is 0.0512. The fourth-order valence-corrected chi connectivity index (χ4v) is 7.43. The van der Waals surface area contributed by atoms with Crippen molar-refractivity contribution in [1.82, 2.24) is 20.4 Å². The van der Waals surface area contributed by atoms with Gasteiger partial charge >= 0.3 is 24.1 Å². The smallest absolute Gasteiger partial charge is 0.408 e. The van der Waals surface area contributed by atoms with E-state index in [0.29, 0.717) is 0 Å². The largest absolute Gasteiger partial charge is 0.481 e. The van der Waals surface area contributed by atoms with Gasteiger partial charge in [-0.2, -0.15) is 0 Å². The zero-order chi connectivity index (χ0) is 53.0.